The van der Waals surface area contributed by atoms with Crippen LogP contribution in [-0.4, -0.2) is 27.0 Å². The zero-order valence-corrected chi connectivity index (χ0v) is 20.8. The van der Waals surface area contributed by atoms with Gasteiger partial charge in [0.05, 0.1) is 6.42 Å². The van der Waals surface area contributed by atoms with E-state index in [2.05, 4.69) is 94.4 Å². The Labute approximate surface area is 194 Å². The molecule has 1 fully saturated rings. The minimum absolute atomic E-state index is 0.00954. The van der Waals surface area contributed by atoms with E-state index in [9.17, 15) is 4.79 Å². The summed E-state index contributed by atoms with van der Waals surface area (Å²) < 4.78 is 12.7. The first-order valence-electron chi connectivity index (χ1n) is 11.9. The lowest BCUT2D eigenvalue weighted by Crippen LogP contribution is -2.66. The SMILES string of the molecule is C[C@H]1C[C@H]2OC(=O)C[C@H]2CC=C1CCO[Si](c1ccccc1)(c1ccccc1)C(C)(C)C. The van der Waals surface area contributed by atoms with Gasteiger partial charge in [-0.1, -0.05) is 100 Å². The Morgan fingerprint density at radius 3 is 2.16 bits per heavy atom. The molecule has 32 heavy (non-hydrogen) atoms. The number of esters is 1. The van der Waals surface area contributed by atoms with Crippen LogP contribution in [0.1, 0.15) is 53.4 Å². The Kier molecular flexibility index (Phi) is 6.73. The first-order chi connectivity index (χ1) is 15.3. The van der Waals surface area contributed by atoms with Gasteiger partial charge in [-0.2, -0.15) is 0 Å². The highest BCUT2D eigenvalue weighted by molar-refractivity contribution is 6.99. The van der Waals surface area contributed by atoms with Gasteiger partial charge in [0.25, 0.3) is 8.32 Å². The van der Waals surface area contributed by atoms with Gasteiger partial charge in [0.1, 0.15) is 6.10 Å². The topological polar surface area (TPSA) is 35.5 Å². The number of carbonyl (C=O) groups excluding carboxylic acids is 1. The van der Waals surface area contributed by atoms with Gasteiger partial charge in [-0.25, -0.2) is 0 Å². The van der Waals surface area contributed by atoms with Crippen molar-refractivity contribution in [2.45, 2.75) is 64.5 Å². The maximum Gasteiger partial charge on any atom is 0.306 e. The van der Waals surface area contributed by atoms with Crippen molar-refractivity contribution < 1.29 is 14.0 Å². The van der Waals surface area contributed by atoms with Gasteiger partial charge in [0.2, 0.25) is 0 Å². The average Bonchev–Trinajstić information content (AvgIpc) is 3.05. The molecule has 3 atom stereocenters. The summed E-state index contributed by atoms with van der Waals surface area (Å²) in [6.07, 6.45) is 5.82. The van der Waals surface area contributed by atoms with Crippen molar-refractivity contribution in [3.05, 3.63) is 72.3 Å². The van der Waals surface area contributed by atoms with Crippen molar-refractivity contribution in [1.29, 1.82) is 0 Å². The van der Waals surface area contributed by atoms with E-state index in [-0.39, 0.29) is 17.1 Å². The van der Waals surface area contributed by atoms with E-state index in [1.807, 2.05) is 0 Å². The Morgan fingerprint density at radius 2 is 1.59 bits per heavy atom. The minimum atomic E-state index is -2.50. The Balaban J connectivity index is 1.58. The monoisotopic (exact) mass is 448 g/mol. The molecular weight excluding hydrogens is 412 g/mol. The summed E-state index contributed by atoms with van der Waals surface area (Å²) in [5.41, 5.74) is 1.45. The van der Waals surface area contributed by atoms with E-state index < -0.39 is 8.32 Å². The summed E-state index contributed by atoms with van der Waals surface area (Å²) in [7, 11) is -2.50. The van der Waals surface area contributed by atoms with Crippen LogP contribution < -0.4 is 10.4 Å². The third-order valence-electron chi connectivity index (χ3n) is 7.27. The maximum absolute atomic E-state index is 11.7. The van der Waals surface area contributed by atoms with Crippen LogP contribution in [0.4, 0.5) is 0 Å². The van der Waals surface area contributed by atoms with E-state index in [0.29, 0.717) is 24.9 Å². The van der Waals surface area contributed by atoms with Crippen LogP contribution in [-0.2, 0) is 14.0 Å². The second kappa shape index (κ2) is 9.36. The molecule has 0 bridgehead atoms. The largest absolute Gasteiger partial charge is 0.462 e. The van der Waals surface area contributed by atoms with Crippen LogP contribution in [0.2, 0.25) is 5.04 Å². The van der Waals surface area contributed by atoms with Crippen LogP contribution in [0.3, 0.4) is 0 Å². The number of hydrogen-bond acceptors (Lipinski definition) is 3. The fourth-order valence-corrected chi connectivity index (χ4v) is 10.1. The number of rotatable bonds is 6. The lowest BCUT2D eigenvalue weighted by atomic mass is 9.92. The predicted molar refractivity (Wildman–Crippen MR) is 133 cm³/mol. The second-order valence-electron chi connectivity index (χ2n) is 10.4. The molecule has 0 radical (unpaired) electrons. The van der Waals surface area contributed by atoms with Crippen LogP contribution in [0, 0.1) is 11.8 Å². The molecule has 0 aromatic heterocycles. The molecule has 0 amide bonds. The Hall–Kier alpha value is -2.17. The lowest BCUT2D eigenvalue weighted by molar-refractivity contribution is -0.141. The molecule has 1 aliphatic carbocycles. The molecule has 1 heterocycles. The normalized spacial score (nSPS) is 23.8. The number of hydrogen-bond donors (Lipinski definition) is 0. The van der Waals surface area contributed by atoms with Gasteiger partial charge in [0, 0.05) is 12.5 Å². The Morgan fingerprint density at radius 1 is 1.00 bits per heavy atom. The molecule has 170 valence electrons. The third kappa shape index (κ3) is 4.48. The predicted octanol–water partition coefficient (Wildman–Crippen LogP) is 5.24. The summed E-state index contributed by atoms with van der Waals surface area (Å²) in [6, 6.07) is 21.7. The second-order valence-corrected chi connectivity index (χ2v) is 14.7. The molecule has 0 N–H and O–H groups in total. The van der Waals surface area contributed by atoms with Gasteiger partial charge in [-0.05, 0) is 40.6 Å². The standard InChI is InChI=1S/C28H36O3Si/c1-21-19-26-23(20-27(29)31-26)16-15-22(21)17-18-30-32(28(2,3)4,24-11-7-5-8-12-24)25-13-9-6-10-14-25/h5-15,21,23,26H,16-20H2,1-4H3/t21-,23+,26+/m0/s1. The molecule has 2 aromatic rings. The number of allylic oxidation sites excluding steroid dienone is 1. The molecule has 0 unspecified atom stereocenters. The number of fused-ring (bicyclic) bond motifs is 1. The Bertz CT molecular complexity index is 906. The van der Waals surface area contributed by atoms with Crippen molar-refractivity contribution in [3.8, 4) is 0 Å². The lowest BCUT2D eigenvalue weighted by Gasteiger charge is -2.43. The van der Waals surface area contributed by atoms with Crippen molar-refractivity contribution in [2.24, 2.45) is 11.8 Å². The minimum Gasteiger partial charge on any atom is -0.462 e. The zero-order chi connectivity index (χ0) is 22.8. The summed E-state index contributed by atoms with van der Waals surface area (Å²) in [5.74, 6) is 0.734. The first kappa shape index (κ1) is 23.0. The smallest absolute Gasteiger partial charge is 0.306 e. The van der Waals surface area contributed by atoms with Crippen molar-refractivity contribution >= 4 is 24.7 Å². The van der Waals surface area contributed by atoms with E-state index in [1.165, 1.54) is 15.9 Å². The van der Waals surface area contributed by atoms with Crippen LogP contribution in [0.25, 0.3) is 0 Å². The molecule has 1 aliphatic heterocycles. The highest BCUT2D eigenvalue weighted by Gasteiger charge is 2.50. The highest BCUT2D eigenvalue weighted by atomic mass is 28.4. The molecule has 1 saturated heterocycles. The van der Waals surface area contributed by atoms with Gasteiger partial charge < -0.3 is 9.16 Å². The summed E-state index contributed by atoms with van der Waals surface area (Å²) >= 11 is 0. The maximum atomic E-state index is 11.7. The van der Waals surface area contributed by atoms with Gasteiger partial charge >= 0.3 is 5.97 Å². The highest BCUT2D eigenvalue weighted by Crippen LogP contribution is 2.39. The summed E-state index contributed by atoms with van der Waals surface area (Å²) in [5, 5.41) is 2.63. The van der Waals surface area contributed by atoms with E-state index in [4.69, 9.17) is 9.16 Å². The van der Waals surface area contributed by atoms with Crippen LogP contribution in [0.15, 0.2) is 72.3 Å². The molecule has 2 aliphatic rings. The quantitative estimate of drug-likeness (QED) is 0.344. The average molecular weight is 449 g/mol. The number of carbonyl (C=O) groups is 1. The van der Waals surface area contributed by atoms with Crippen molar-refractivity contribution in [1.82, 2.24) is 0 Å². The fourth-order valence-electron chi connectivity index (χ4n) is 5.57. The van der Waals surface area contributed by atoms with Crippen LogP contribution in [0.5, 0.6) is 0 Å². The van der Waals surface area contributed by atoms with E-state index in [0.717, 1.165) is 19.3 Å². The van der Waals surface area contributed by atoms with Crippen LogP contribution >= 0.6 is 0 Å². The zero-order valence-electron chi connectivity index (χ0n) is 19.8. The number of ether oxygens (including phenoxy) is 1. The van der Waals surface area contributed by atoms with Gasteiger partial charge in [-0.3, -0.25) is 4.79 Å². The molecule has 4 heteroatoms. The van der Waals surface area contributed by atoms with Gasteiger partial charge in [-0.15, -0.1) is 0 Å². The van der Waals surface area contributed by atoms with E-state index >= 15 is 0 Å². The molecule has 4 rings (SSSR count). The molecule has 0 saturated carbocycles. The van der Waals surface area contributed by atoms with Gasteiger partial charge in [0.15, 0.2) is 0 Å². The molecule has 2 aromatic carbocycles. The van der Waals surface area contributed by atoms with Crippen molar-refractivity contribution in [3.63, 3.8) is 0 Å². The van der Waals surface area contributed by atoms with E-state index in [1.54, 1.807) is 0 Å². The third-order valence-corrected chi connectivity index (χ3v) is 12.3. The number of benzene rings is 2. The first-order valence-corrected chi connectivity index (χ1v) is 13.9. The molecule has 3 nitrogen and oxygen atoms in total. The summed E-state index contributed by atoms with van der Waals surface area (Å²) in [6.45, 7) is 9.94. The molecular formula is C28H36O3Si. The van der Waals surface area contributed by atoms with Crippen molar-refractivity contribution in [2.75, 3.05) is 6.61 Å². The molecule has 0 spiro atoms. The summed E-state index contributed by atoms with van der Waals surface area (Å²) in [4.78, 5) is 11.7. The fraction of sp³-hybridized carbons (Fsp3) is 0.464.